The Kier molecular flexibility index (Phi) is 20.5. The van der Waals surface area contributed by atoms with Gasteiger partial charge in [-0.1, -0.05) is 64.1 Å². The fourth-order valence-corrected chi connectivity index (χ4v) is 8.88. The molecule has 0 radical (unpaired) electrons. The topological polar surface area (TPSA) is 284 Å². The van der Waals surface area contributed by atoms with Crippen LogP contribution in [0, 0.1) is 0 Å². The number of rotatable bonds is 18. The molecule has 1 heterocycles. The zero-order valence-corrected chi connectivity index (χ0v) is 42.8. The second-order valence-electron chi connectivity index (χ2n) is 18.3. The van der Waals surface area contributed by atoms with Gasteiger partial charge in [0.2, 0.25) is 23.6 Å². The molecule has 19 heteroatoms. The van der Waals surface area contributed by atoms with Crippen LogP contribution >= 0.6 is 0 Å². The predicted octanol–water partition coefficient (Wildman–Crippen LogP) is 4.81. The summed E-state index contributed by atoms with van der Waals surface area (Å²) < 4.78 is 26.7. The van der Waals surface area contributed by atoms with Crippen molar-refractivity contribution >= 4 is 47.2 Å². The van der Waals surface area contributed by atoms with E-state index in [1.165, 1.54) is 0 Å². The molecule has 10 N–H and O–H groups in total. The Bertz CT molecular complexity index is 2600. The quantitative estimate of drug-likeness (QED) is 0.0333. The molecular formula is C55H70N8O11. The average molecular weight is 1020 g/mol. The standard InChI is InChI=1S/C55H70N8O11/c1-5-18-71-48-33-12-9-14-35(48)24-39-28-42-29-40(51(39)74-21-8-4)25-36-15-10-13-34(49(36)72-19-6-2)23-38-27-41(26-37(22-33)50(38)73-20-7-3)52(68)63-43(16-11-17-58-55(56)57)53(69)59-32-46(65)62-44(30-47(66)67)54(70)60-31-45(64)61-42/h9-10,12-15,26-29,43-44H,5-8,11,16-25,30-32H2,1-4H3,(H,59,69)(H,60,70)(H,61,64)(H,62,65)(H,63,68)(H,66,67)(H4,56,57,58)/t43-,44-/m0/s1. The summed E-state index contributed by atoms with van der Waals surface area (Å²) in [5.41, 5.74) is 18.0. The van der Waals surface area contributed by atoms with Gasteiger partial charge in [-0.25, -0.2) is 0 Å². The molecule has 2 aliphatic rings. The number of anilines is 1. The Morgan fingerprint density at radius 1 is 0.595 bits per heavy atom. The number of amides is 5. The zero-order chi connectivity index (χ0) is 53.1. The van der Waals surface area contributed by atoms with Gasteiger partial charge in [0.15, 0.2) is 5.96 Å². The number of nitrogens with zero attached hydrogens (tertiary/aromatic N) is 1. The highest BCUT2D eigenvalue weighted by Crippen LogP contribution is 2.41. The molecule has 0 unspecified atom stereocenters. The van der Waals surface area contributed by atoms with Crippen molar-refractivity contribution in [1.82, 2.24) is 21.3 Å². The second-order valence-corrected chi connectivity index (χ2v) is 18.3. The minimum Gasteiger partial charge on any atom is -0.493 e. The van der Waals surface area contributed by atoms with Crippen LogP contribution in [0.1, 0.15) is 128 Å². The number of carboxylic acid groups (broad SMARTS) is 1. The number of carbonyl (C=O) groups is 6. The highest BCUT2D eigenvalue weighted by atomic mass is 16.5. The van der Waals surface area contributed by atoms with Crippen molar-refractivity contribution in [2.45, 2.75) is 110 Å². The first kappa shape index (κ1) is 55.5. The molecule has 10 bridgehead atoms. The van der Waals surface area contributed by atoms with E-state index in [1.807, 2.05) is 76.2 Å². The van der Waals surface area contributed by atoms with Crippen LogP contribution in [0.2, 0.25) is 0 Å². The maximum atomic E-state index is 14.8. The number of hydrogen-bond donors (Lipinski definition) is 8. The van der Waals surface area contributed by atoms with Gasteiger partial charge in [-0.3, -0.25) is 33.8 Å². The SMILES string of the molecule is CCCOc1c2cccc1Cc1cc3cc(c1OCCC)Cc1cccc(c1OCCC)Cc1cc(cc(c1OCCC)C2)NC(=O)CNC(=O)[C@H](CC(=O)O)NC(=O)CNC(=O)[C@H](CCCN=C(N)N)NC3=O. The normalized spacial score (nSPS) is 16.2. The molecule has 4 aromatic carbocycles. The lowest BCUT2D eigenvalue weighted by atomic mass is 9.90. The van der Waals surface area contributed by atoms with E-state index in [1.54, 1.807) is 12.1 Å². The Morgan fingerprint density at radius 3 is 1.45 bits per heavy atom. The fraction of sp³-hybridized carbons (Fsp3) is 0.436. The van der Waals surface area contributed by atoms with Crippen molar-refractivity contribution in [2.75, 3.05) is 51.4 Å². The van der Waals surface area contributed by atoms with Gasteiger partial charge in [0.25, 0.3) is 5.91 Å². The average Bonchev–Trinajstić information content (AvgIpc) is 3.36. The summed E-state index contributed by atoms with van der Waals surface area (Å²) >= 11 is 0. The maximum Gasteiger partial charge on any atom is 0.305 e. The van der Waals surface area contributed by atoms with Gasteiger partial charge >= 0.3 is 5.97 Å². The molecule has 74 heavy (non-hydrogen) atoms. The highest BCUT2D eigenvalue weighted by molar-refractivity contribution is 6.00. The molecule has 0 saturated carbocycles. The number of hydrogen-bond acceptors (Lipinski definition) is 11. The van der Waals surface area contributed by atoms with Crippen LogP contribution in [-0.4, -0.2) is 105 Å². The third-order valence-corrected chi connectivity index (χ3v) is 12.2. The van der Waals surface area contributed by atoms with Crippen LogP contribution in [0.15, 0.2) is 65.7 Å². The molecule has 0 fully saturated rings. The van der Waals surface area contributed by atoms with E-state index in [4.69, 9.17) is 30.4 Å². The lowest BCUT2D eigenvalue weighted by molar-refractivity contribution is -0.140. The van der Waals surface area contributed by atoms with Gasteiger partial charge in [-0.15, -0.1) is 0 Å². The molecule has 0 spiro atoms. The summed E-state index contributed by atoms with van der Waals surface area (Å²) in [6, 6.07) is 16.2. The van der Waals surface area contributed by atoms with Gasteiger partial charge < -0.3 is 62.1 Å². The van der Waals surface area contributed by atoms with Gasteiger partial charge in [0.05, 0.1) is 45.9 Å². The zero-order valence-electron chi connectivity index (χ0n) is 42.8. The van der Waals surface area contributed by atoms with E-state index >= 15 is 0 Å². The smallest absolute Gasteiger partial charge is 0.305 e. The van der Waals surface area contributed by atoms with E-state index in [-0.39, 0.29) is 43.8 Å². The van der Waals surface area contributed by atoms with Gasteiger partial charge in [0, 0.05) is 54.6 Å². The van der Waals surface area contributed by atoms with E-state index < -0.39 is 67.1 Å². The number of benzene rings is 4. The molecule has 4 aromatic rings. The van der Waals surface area contributed by atoms with Crippen LogP contribution in [0.25, 0.3) is 0 Å². The van der Waals surface area contributed by atoms with Crippen molar-refractivity contribution in [2.24, 2.45) is 16.5 Å². The van der Waals surface area contributed by atoms with Crippen LogP contribution in [-0.2, 0) is 49.7 Å². The van der Waals surface area contributed by atoms with Crippen LogP contribution in [0.4, 0.5) is 5.69 Å². The van der Waals surface area contributed by atoms with Crippen molar-refractivity contribution in [1.29, 1.82) is 0 Å². The number of aliphatic imine (C=N–C) groups is 1. The third-order valence-electron chi connectivity index (χ3n) is 12.2. The lowest BCUT2D eigenvalue weighted by Crippen LogP contribution is -2.53. The first-order chi connectivity index (χ1) is 35.7. The minimum atomic E-state index is -1.62. The molecule has 0 aromatic heterocycles. The number of para-hydroxylation sites is 2. The lowest BCUT2D eigenvalue weighted by Gasteiger charge is -2.24. The first-order valence-electron chi connectivity index (χ1n) is 25.5. The Balaban J connectivity index is 1.64. The summed E-state index contributed by atoms with van der Waals surface area (Å²) in [7, 11) is 0. The minimum absolute atomic E-state index is 0.0456. The Hall–Kier alpha value is -7.83. The van der Waals surface area contributed by atoms with Gasteiger partial charge in [-0.2, -0.15) is 0 Å². The Labute approximate surface area is 431 Å². The van der Waals surface area contributed by atoms with E-state index in [2.05, 4.69) is 31.6 Å². The molecule has 5 amide bonds. The van der Waals surface area contributed by atoms with Crippen LogP contribution < -0.4 is 57.0 Å². The molecule has 396 valence electrons. The number of fused-ring (bicyclic) bond motifs is 6. The van der Waals surface area contributed by atoms with Crippen molar-refractivity contribution in [3.8, 4) is 23.0 Å². The fourth-order valence-electron chi connectivity index (χ4n) is 8.88. The first-order valence-corrected chi connectivity index (χ1v) is 25.5. The van der Waals surface area contributed by atoms with Crippen LogP contribution in [0.5, 0.6) is 23.0 Å². The predicted molar refractivity (Wildman–Crippen MR) is 280 cm³/mol. The van der Waals surface area contributed by atoms with Crippen LogP contribution in [0.3, 0.4) is 0 Å². The maximum absolute atomic E-state index is 14.8. The number of aliphatic carboxylic acids is 1. The summed E-state index contributed by atoms with van der Waals surface area (Å²) in [5.74, 6) is -2.86. The summed E-state index contributed by atoms with van der Waals surface area (Å²) in [6.45, 7) is 8.54. The molecule has 19 nitrogen and oxygen atoms in total. The second kappa shape index (κ2) is 27.3. The van der Waals surface area contributed by atoms with Gasteiger partial charge in [-0.05, 0) is 96.2 Å². The van der Waals surface area contributed by atoms with Crippen molar-refractivity contribution < 1.29 is 52.8 Å². The number of carbonyl (C=O) groups excluding carboxylic acids is 5. The van der Waals surface area contributed by atoms with Crippen molar-refractivity contribution in [3.05, 3.63) is 111 Å². The largest absolute Gasteiger partial charge is 0.493 e. The summed E-state index contributed by atoms with van der Waals surface area (Å²) in [5, 5.41) is 22.8. The number of ether oxygens (including phenoxy) is 4. The number of nitrogens with two attached hydrogens (primary N) is 2. The molecule has 1 aliphatic heterocycles. The third kappa shape index (κ3) is 15.3. The molecule has 6 rings (SSSR count). The molecule has 1 aliphatic carbocycles. The molecule has 2 atom stereocenters. The van der Waals surface area contributed by atoms with Gasteiger partial charge in [0.1, 0.15) is 35.1 Å². The monoisotopic (exact) mass is 1020 g/mol. The molecule has 0 saturated heterocycles. The van der Waals surface area contributed by atoms with E-state index in [0.717, 1.165) is 33.4 Å². The number of nitrogens with one attached hydrogen (secondary N) is 5. The highest BCUT2D eigenvalue weighted by Gasteiger charge is 2.29. The number of carboxylic acids is 1. The number of guanidine groups is 1. The van der Waals surface area contributed by atoms with E-state index in [0.29, 0.717) is 105 Å². The van der Waals surface area contributed by atoms with Crippen molar-refractivity contribution in [3.63, 3.8) is 0 Å². The van der Waals surface area contributed by atoms with E-state index in [9.17, 15) is 33.9 Å². The summed E-state index contributed by atoms with van der Waals surface area (Å²) in [4.78, 5) is 85.4. The Morgan fingerprint density at radius 2 is 1.01 bits per heavy atom. The summed E-state index contributed by atoms with van der Waals surface area (Å²) in [6.07, 6.45) is 3.46. The molecular weight excluding hydrogens is 949 g/mol.